The molecule has 0 saturated carbocycles. The number of piperazine rings is 1. The highest BCUT2D eigenvalue weighted by Gasteiger charge is 2.23. The molecule has 3 aromatic carbocycles. The summed E-state index contributed by atoms with van der Waals surface area (Å²) in [5.74, 6) is -0.426. The maximum atomic E-state index is 13.2. The summed E-state index contributed by atoms with van der Waals surface area (Å²) in [5.41, 5.74) is 3.43. The predicted molar refractivity (Wildman–Crippen MR) is 128 cm³/mol. The van der Waals surface area contributed by atoms with E-state index in [1.807, 2.05) is 6.92 Å². The minimum Gasteiger partial charge on any atom is -0.368 e. The summed E-state index contributed by atoms with van der Waals surface area (Å²) in [5, 5.41) is 0. The maximum absolute atomic E-state index is 13.2. The Balaban J connectivity index is 1.46. The van der Waals surface area contributed by atoms with Gasteiger partial charge in [0.1, 0.15) is 5.82 Å². The third kappa shape index (κ3) is 5.17. The number of anilines is 2. The molecule has 0 radical (unpaired) electrons. The summed E-state index contributed by atoms with van der Waals surface area (Å²) in [6.07, 6.45) is 0. The van der Waals surface area contributed by atoms with Crippen LogP contribution in [0.1, 0.15) is 21.5 Å². The third-order valence-electron chi connectivity index (χ3n) is 5.82. The van der Waals surface area contributed by atoms with E-state index in [0.717, 1.165) is 16.8 Å². The monoisotopic (exact) mass is 467 g/mol. The summed E-state index contributed by atoms with van der Waals surface area (Å²) >= 11 is 0. The van der Waals surface area contributed by atoms with Crippen LogP contribution < -0.4 is 9.62 Å². The smallest absolute Gasteiger partial charge is 0.261 e. The number of nitrogens with one attached hydrogen (secondary N) is 1. The number of hydrogen-bond acceptors (Lipinski definition) is 4. The van der Waals surface area contributed by atoms with Crippen molar-refractivity contribution < 1.29 is 17.6 Å². The van der Waals surface area contributed by atoms with E-state index < -0.39 is 10.0 Å². The van der Waals surface area contributed by atoms with Crippen LogP contribution in [0.2, 0.25) is 0 Å². The summed E-state index contributed by atoms with van der Waals surface area (Å²) in [4.78, 5) is 17.1. The normalized spacial score (nSPS) is 14.3. The van der Waals surface area contributed by atoms with Crippen LogP contribution in [0, 0.1) is 19.7 Å². The van der Waals surface area contributed by atoms with Crippen molar-refractivity contribution in [1.82, 2.24) is 4.90 Å². The third-order valence-corrected chi connectivity index (χ3v) is 7.20. The van der Waals surface area contributed by atoms with E-state index in [9.17, 15) is 17.6 Å². The van der Waals surface area contributed by atoms with Crippen molar-refractivity contribution in [2.75, 3.05) is 35.8 Å². The average Bonchev–Trinajstić information content (AvgIpc) is 2.81. The van der Waals surface area contributed by atoms with Gasteiger partial charge in [-0.2, -0.15) is 0 Å². The Bertz CT molecular complexity index is 1250. The number of sulfonamides is 1. The second-order valence-electron chi connectivity index (χ2n) is 8.20. The number of benzene rings is 3. The summed E-state index contributed by atoms with van der Waals surface area (Å²) < 4.78 is 41.4. The summed E-state index contributed by atoms with van der Waals surface area (Å²) in [6, 6.07) is 18.0. The molecule has 0 aromatic heterocycles. The molecule has 1 aliphatic heterocycles. The molecular formula is C25H26FN3O3S. The van der Waals surface area contributed by atoms with E-state index in [4.69, 9.17) is 0 Å². The van der Waals surface area contributed by atoms with Crippen LogP contribution in [0.3, 0.4) is 0 Å². The molecule has 4 rings (SSSR count). The minimum absolute atomic E-state index is 0.149. The van der Waals surface area contributed by atoms with E-state index in [-0.39, 0.29) is 16.6 Å². The van der Waals surface area contributed by atoms with Crippen LogP contribution in [-0.4, -0.2) is 45.4 Å². The van der Waals surface area contributed by atoms with Crippen molar-refractivity contribution in [3.8, 4) is 0 Å². The van der Waals surface area contributed by atoms with E-state index >= 15 is 0 Å². The maximum Gasteiger partial charge on any atom is 0.261 e. The van der Waals surface area contributed by atoms with Gasteiger partial charge in [-0.05, 0) is 67.9 Å². The SMILES string of the molecule is Cc1ccc(S(=O)(=O)Nc2cc(C(=O)N3CCN(c4ccc(F)cc4)CC3)ccc2C)cc1. The standard InChI is InChI=1S/C25H26FN3O3S/c1-18-3-11-23(12-4-18)33(31,32)27-24-17-20(6-5-19(24)2)25(30)29-15-13-28(14-16-29)22-9-7-21(26)8-10-22/h3-12,17,27H,13-16H2,1-2H3. The molecule has 1 N–H and O–H groups in total. The second-order valence-corrected chi connectivity index (χ2v) is 9.89. The number of carbonyl (C=O) groups excluding carboxylic acids is 1. The van der Waals surface area contributed by atoms with Gasteiger partial charge in [0, 0.05) is 37.4 Å². The number of aryl methyl sites for hydroxylation is 2. The van der Waals surface area contributed by atoms with Crippen LogP contribution in [0.5, 0.6) is 0 Å². The first-order chi connectivity index (χ1) is 15.7. The molecule has 6 nitrogen and oxygen atoms in total. The first-order valence-corrected chi connectivity index (χ1v) is 12.2. The van der Waals surface area contributed by atoms with Crippen molar-refractivity contribution in [3.63, 3.8) is 0 Å². The van der Waals surface area contributed by atoms with Gasteiger partial charge >= 0.3 is 0 Å². The lowest BCUT2D eigenvalue weighted by Gasteiger charge is -2.36. The zero-order chi connectivity index (χ0) is 23.6. The number of halogens is 1. The van der Waals surface area contributed by atoms with Crippen LogP contribution in [0.4, 0.5) is 15.8 Å². The van der Waals surface area contributed by atoms with Crippen molar-refractivity contribution >= 4 is 27.3 Å². The van der Waals surface area contributed by atoms with Gasteiger partial charge < -0.3 is 9.80 Å². The largest absolute Gasteiger partial charge is 0.368 e. The van der Waals surface area contributed by atoms with Gasteiger partial charge in [-0.25, -0.2) is 12.8 Å². The fourth-order valence-electron chi connectivity index (χ4n) is 3.79. The van der Waals surface area contributed by atoms with Gasteiger partial charge in [0.2, 0.25) is 0 Å². The van der Waals surface area contributed by atoms with Crippen LogP contribution in [0.25, 0.3) is 0 Å². The molecule has 1 aliphatic rings. The Morgan fingerprint density at radius 2 is 1.52 bits per heavy atom. The molecule has 1 amide bonds. The molecule has 33 heavy (non-hydrogen) atoms. The molecule has 0 unspecified atom stereocenters. The lowest BCUT2D eigenvalue weighted by atomic mass is 10.1. The number of amides is 1. The Morgan fingerprint density at radius 3 is 2.15 bits per heavy atom. The molecular weight excluding hydrogens is 441 g/mol. The topological polar surface area (TPSA) is 69.7 Å². The van der Waals surface area contributed by atoms with Gasteiger partial charge in [-0.15, -0.1) is 0 Å². The number of nitrogens with zero attached hydrogens (tertiary/aromatic N) is 2. The molecule has 1 fully saturated rings. The highest BCUT2D eigenvalue weighted by molar-refractivity contribution is 7.92. The fourth-order valence-corrected chi connectivity index (χ4v) is 4.91. The average molecular weight is 468 g/mol. The molecule has 3 aromatic rings. The highest BCUT2D eigenvalue weighted by Crippen LogP contribution is 2.23. The van der Waals surface area contributed by atoms with Crippen molar-refractivity contribution in [1.29, 1.82) is 0 Å². The van der Waals surface area contributed by atoms with E-state index in [1.165, 1.54) is 12.1 Å². The van der Waals surface area contributed by atoms with E-state index in [2.05, 4.69) is 9.62 Å². The van der Waals surface area contributed by atoms with Crippen molar-refractivity contribution in [2.24, 2.45) is 0 Å². The van der Waals surface area contributed by atoms with Gasteiger partial charge in [-0.1, -0.05) is 23.8 Å². The Kier molecular flexibility index (Phi) is 6.37. The summed E-state index contributed by atoms with van der Waals surface area (Å²) in [6.45, 7) is 6.00. The summed E-state index contributed by atoms with van der Waals surface area (Å²) in [7, 11) is -3.77. The molecule has 1 heterocycles. The first-order valence-electron chi connectivity index (χ1n) is 10.7. The molecule has 0 bridgehead atoms. The fraction of sp³-hybridized carbons (Fsp3) is 0.240. The van der Waals surface area contributed by atoms with Gasteiger partial charge in [-0.3, -0.25) is 9.52 Å². The zero-order valence-corrected chi connectivity index (χ0v) is 19.4. The minimum atomic E-state index is -3.77. The highest BCUT2D eigenvalue weighted by atomic mass is 32.2. The molecule has 8 heteroatoms. The van der Waals surface area contributed by atoms with E-state index in [1.54, 1.807) is 66.4 Å². The van der Waals surface area contributed by atoms with Crippen LogP contribution >= 0.6 is 0 Å². The lowest BCUT2D eigenvalue weighted by molar-refractivity contribution is 0.0747. The van der Waals surface area contributed by atoms with Gasteiger partial charge in [0.15, 0.2) is 0 Å². The number of rotatable bonds is 5. The van der Waals surface area contributed by atoms with Crippen molar-refractivity contribution in [3.05, 3.63) is 89.2 Å². The molecule has 0 aliphatic carbocycles. The van der Waals surface area contributed by atoms with E-state index in [0.29, 0.717) is 37.4 Å². The molecule has 0 spiro atoms. The van der Waals surface area contributed by atoms with Crippen LogP contribution in [-0.2, 0) is 10.0 Å². The predicted octanol–water partition coefficient (Wildman–Crippen LogP) is 4.21. The molecule has 1 saturated heterocycles. The molecule has 172 valence electrons. The Labute approximate surface area is 193 Å². The molecule has 0 atom stereocenters. The van der Waals surface area contributed by atoms with Crippen LogP contribution in [0.15, 0.2) is 71.6 Å². The zero-order valence-electron chi connectivity index (χ0n) is 18.6. The number of hydrogen-bond donors (Lipinski definition) is 1. The second kappa shape index (κ2) is 9.23. The van der Waals surface area contributed by atoms with Gasteiger partial charge in [0.05, 0.1) is 10.6 Å². The quantitative estimate of drug-likeness (QED) is 0.611. The lowest BCUT2D eigenvalue weighted by Crippen LogP contribution is -2.48. The Hall–Kier alpha value is -3.39. The van der Waals surface area contributed by atoms with Crippen molar-refractivity contribution in [2.45, 2.75) is 18.7 Å². The van der Waals surface area contributed by atoms with Gasteiger partial charge in [0.25, 0.3) is 15.9 Å². The number of carbonyl (C=O) groups is 1. The Morgan fingerprint density at radius 1 is 0.879 bits per heavy atom. The first kappa shape index (κ1) is 22.8.